The molecule has 0 aromatic heterocycles. The van der Waals surface area contributed by atoms with Crippen molar-refractivity contribution in [1.29, 1.82) is 0 Å². The molecule has 0 saturated heterocycles. The number of halogens is 1. The summed E-state index contributed by atoms with van der Waals surface area (Å²) in [5.41, 5.74) is 2.61. The average Bonchev–Trinajstić information content (AvgIpc) is 2.50. The van der Waals surface area contributed by atoms with Crippen LogP contribution >= 0.6 is 11.6 Å². The molecular weight excluding hydrogens is 276 g/mol. The van der Waals surface area contributed by atoms with Gasteiger partial charge in [0.05, 0.1) is 7.11 Å². The van der Waals surface area contributed by atoms with E-state index >= 15 is 0 Å². The summed E-state index contributed by atoms with van der Waals surface area (Å²) >= 11 is 5.43. The van der Waals surface area contributed by atoms with Crippen molar-refractivity contribution in [2.24, 2.45) is 0 Å². The van der Waals surface area contributed by atoms with E-state index in [4.69, 9.17) is 16.3 Å². The van der Waals surface area contributed by atoms with E-state index in [9.17, 15) is 4.79 Å². The highest BCUT2D eigenvalue weighted by Gasteiger charge is 2.00. The second-order valence-corrected chi connectivity index (χ2v) is 4.38. The number of nitrogens with one attached hydrogen (secondary N) is 2. The Morgan fingerprint density at radius 3 is 2.00 bits per heavy atom. The number of rotatable bonds is 5. The Hall–Kier alpha value is -2.20. The number of hydrogen-bond donors (Lipinski definition) is 2. The third kappa shape index (κ3) is 3.90. The van der Waals surface area contributed by atoms with Crippen molar-refractivity contribution in [3.8, 4) is 5.75 Å². The summed E-state index contributed by atoms with van der Waals surface area (Å²) in [5, 5.41) is 5.94. The van der Waals surface area contributed by atoms with Crippen molar-refractivity contribution < 1.29 is 9.53 Å². The summed E-state index contributed by atoms with van der Waals surface area (Å²) < 4.78 is 5.10. The molecule has 2 aromatic rings. The molecule has 2 aromatic carbocycles. The molecule has 0 bridgehead atoms. The van der Waals surface area contributed by atoms with Gasteiger partial charge in [0, 0.05) is 17.1 Å². The number of anilines is 3. The summed E-state index contributed by atoms with van der Waals surface area (Å²) in [5.74, 6) is 0.545. The van der Waals surface area contributed by atoms with Crippen LogP contribution in [0.15, 0.2) is 48.5 Å². The van der Waals surface area contributed by atoms with Crippen LogP contribution in [0.3, 0.4) is 0 Å². The van der Waals surface area contributed by atoms with Crippen molar-refractivity contribution in [2.75, 3.05) is 23.6 Å². The fourth-order valence-corrected chi connectivity index (χ4v) is 1.74. The zero-order chi connectivity index (χ0) is 14.4. The van der Waals surface area contributed by atoms with Crippen LogP contribution in [0.1, 0.15) is 0 Å². The number of hydrogen-bond acceptors (Lipinski definition) is 3. The molecule has 2 rings (SSSR count). The fourth-order valence-electron chi connectivity index (χ4n) is 1.67. The first kappa shape index (κ1) is 14.2. The van der Waals surface area contributed by atoms with E-state index in [1.807, 2.05) is 48.5 Å². The minimum Gasteiger partial charge on any atom is -0.497 e. The predicted octanol–water partition coefficient (Wildman–Crippen LogP) is 3.62. The molecule has 0 unspecified atom stereocenters. The molecule has 0 atom stereocenters. The number of ether oxygens (including phenoxy) is 1. The van der Waals surface area contributed by atoms with E-state index in [0.717, 1.165) is 22.8 Å². The zero-order valence-corrected chi connectivity index (χ0v) is 11.8. The van der Waals surface area contributed by atoms with E-state index in [0.29, 0.717) is 0 Å². The van der Waals surface area contributed by atoms with Gasteiger partial charge in [-0.15, -0.1) is 11.6 Å². The molecule has 2 N–H and O–H groups in total. The molecule has 0 aliphatic carbocycles. The van der Waals surface area contributed by atoms with Crippen LogP contribution in [-0.4, -0.2) is 18.9 Å². The lowest BCUT2D eigenvalue weighted by Crippen LogP contribution is -2.12. The minimum absolute atomic E-state index is 0.0498. The highest BCUT2D eigenvalue weighted by Crippen LogP contribution is 2.21. The number of carbonyl (C=O) groups is 1. The van der Waals surface area contributed by atoms with E-state index in [1.165, 1.54) is 0 Å². The first-order valence-corrected chi connectivity index (χ1v) is 6.61. The van der Waals surface area contributed by atoms with Crippen LogP contribution < -0.4 is 15.4 Å². The summed E-state index contributed by atoms with van der Waals surface area (Å²) in [4.78, 5) is 11.1. The summed E-state index contributed by atoms with van der Waals surface area (Å²) in [7, 11) is 1.64. The first-order chi connectivity index (χ1) is 9.71. The molecule has 0 saturated carbocycles. The Balaban J connectivity index is 2.00. The van der Waals surface area contributed by atoms with Gasteiger partial charge in [-0.1, -0.05) is 0 Å². The Kier molecular flexibility index (Phi) is 4.85. The average molecular weight is 291 g/mol. The quantitative estimate of drug-likeness (QED) is 0.827. The van der Waals surface area contributed by atoms with Crippen molar-refractivity contribution in [3.05, 3.63) is 48.5 Å². The molecule has 0 spiro atoms. The molecule has 0 fully saturated rings. The molecule has 0 heterocycles. The molecular formula is C15H15ClN2O2. The van der Waals surface area contributed by atoms with Gasteiger partial charge in [-0.2, -0.15) is 0 Å². The molecule has 4 nitrogen and oxygen atoms in total. The molecule has 5 heteroatoms. The Morgan fingerprint density at radius 1 is 1.00 bits per heavy atom. The lowest BCUT2D eigenvalue weighted by molar-refractivity contribution is -0.113. The maximum Gasteiger partial charge on any atom is 0.239 e. The molecule has 20 heavy (non-hydrogen) atoms. The number of carbonyl (C=O) groups excluding carboxylic acids is 1. The first-order valence-electron chi connectivity index (χ1n) is 6.08. The largest absolute Gasteiger partial charge is 0.497 e. The van der Waals surface area contributed by atoms with Crippen molar-refractivity contribution in [3.63, 3.8) is 0 Å². The Bertz CT molecular complexity index is 567. The predicted molar refractivity (Wildman–Crippen MR) is 82.1 cm³/mol. The highest BCUT2D eigenvalue weighted by molar-refractivity contribution is 6.29. The lowest BCUT2D eigenvalue weighted by Gasteiger charge is -2.08. The number of benzene rings is 2. The number of alkyl halides is 1. The van der Waals surface area contributed by atoms with Gasteiger partial charge in [-0.3, -0.25) is 4.79 Å². The second kappa shape index (κ2) is 6.82. The maximum absolute atomic E-state index is 11.1. The van der Waals surface area contributed by atoms with Crippen molar-refractivity contribution in [1.82, 2.24) is 0 Å². The monoisotopic (exact) mass is 290 g/mol. The van der Waals surface area contributed by atoms with Gasteiger partial charge in [0.1, 0.15) is 11.6 Å². The van der Waals surface area contributed by atoms with Crippen LogP contribution in [0.5, 0.6) is 5.75 Å². The summed E-state index contributed by atoms with van der Waals surface area (Å²) in [6, 6.07) is 15.0. The van der Waals surface area contributed by atoms with Crippen molar-refractivity contribution in [2.45, 2.75) is 0 Å². The van der Waals surface area contributed by atoms with Crippen LogP contribution in [-0.2, 0) is 4.79 Å². The second-order valence-electron chi connectivity index (χ2n) is 4.11. The van der Waals surface area contributed by atoms with Gasteiger partial charge < -0.3 is 15.4 Å². The summed E-state index contributed by atoms with van der Waals surface area (Å²) in [6.45, 7) is 0. The standard InChI is InChI=1S/C15H15ClN2O2/c1-20-14-8-6-12(7-9-14)17-11-2-4-13(5-3-11)18-15(19)10-16/h2-9,17H,10H2,1H3,(H,18,19). The lowest BCUT2D eigenvalue weighted by atomic mass is 10.2. The van der Waals surface area contributed by atoms with Crippen LogP contribution in [0.4, 0.5) is 17.1 Å². The summed E-state index contributed by atoms with van der Waals surface area (Å²) in [6.07, 6.45) is 0. The van der Waals surface area contributed by atoms with Gasteiger partial charge >= 0.3 is 0 Å². The third-order valence-corrected chi connectivity index (χ3v) is 2.91. The van der Waals surface area contributed by atoms with Crippen LogP contribution in [0.2, 0.25) is 0 Å². The van der Waals surface area contributed by atoms with Gasteiger partial charge in [-0.05, 0) is 48.5 Å². The van der Waals surface area contributed by atoms with Gasteiger partial charge in [0.2, 0.25) is 5.91 Å². The Labute approximate surface area is 122 Å². The molecule has 0 aliphatic heterocycles. The van der Waals surface area contributed by atoms with Gasteiger partial charge in [0.15, 0.2) is 0 Å². The SMILES string of the molecule is COc1ccc(Nc2ccc(NC(=O)CCl)cc2)cc1. The number of methoxy groups -OCH3 is 1. The van der Waals surface area contributed by atoms with Gasteiger partial charge in [-0.25, -0.2) is 0 Å². The topological polar surface area (TPSA) is 50.4 Å². The Morgan fingerprint density at radius 2 is 1.50 bits per heavy atom. The minimum atomic E-state index is -0.220. The van der Waals surface area contributed by atoms with Gasteiger partial charge in [0.25, 0.3) is 0 Å². The normalized spacial score (nSPS) is 9.90. The molecule has 1 amide bonds. The molecule has 0 radical (unpaired) electrons. The van der Waals surface area contributed by atoms with E-state index < -0.39 is 0 Å². The zero-order valence-electron chi connectivity index (χ0n) is 11.0. The number of amides is 1. The fraction of sp³-hybridized carbons (Fsp3) is 0.133. The van der Waals surface area contributed by atoms with Crippen molar-refractivity contribution >= 4 is 34.6 Å². The van der Waals surface area contributed by atoms with E-state index in [2.05, 4.69) is 10.6 Å². The van der Waals surface area contributed by atoms with Crippen LogP contribution in [0, 0.1) is 0 Å². The molecule has 104 valence electrons. The van der Waals surface area contributed by atoms with E-state index in [1.54, 1.807) is 7.11 Å². The molecule has 0 aliphatic rings. The third-order valence-electron chi connectivity index (χ3n) is 2.67. The highest BCUT2D eigenvalue weighted by atomic mass is 35.5. The smallest absolute Gasteiger partial charge is 0.239 e. The maximum atomic E-state index is 11.1. The van der Waals surface area contributed by atoms with Crippen LogP contribution in [0.25, 0.3) is 0 Å². The van der Waals surface area contributed by atoms with E-state index in [-0.39, 0.29) is 11.8 Å².